The average molecular weight is 352 g/mol. The zero-order valence-corrected chi connectivity index (χ0v) is 15.9. The van der Waals surface area contributed by atoms with Gasteiger partial charge in [0.1, 0.15) is 5.75 Å². The summed E-state index contributed by atoms with van der Waals surface area (Å²) in [5.41, 5.74) is 2.72. The topological polar surface area (TPSA) is 43.8 Å². The third-order valence-electron chi connectivity index (χ3n) is 5.63. The standard InChI is InChI=1S/C22H28N2O2/c1-16(23(2)3)17-11-13-24(14-12-17)22(26)20-6-4-5-19(15-20)18-7-9-21(25)10-8-18/h4-10,15-17,25H,11-14H2,1-3H3. The molecule has 26 heavy (non-hydrogen) atoms. The van der Waals surface area contributed by atoms with Gasteiger partial charge in [0, 0.05) is 24.7 Å². The van der Waals surface area contributed by atoms with Gasteiger partial charge in [0.15, 0.2) is 0 Å². The number of carbonyl (C=O) groups excluding carboxylic acids is 1. The molecule has 1 N–H and O–H groups in total. The zero-order valence-electron chi connectivity index (χ0n) is 15.9. The highest BCUT2D eigenvalue weighted by Gasteiger charge is 2.27. The number of aromatic hydroxyl groups is 1. The molecular formula is C22H28N2O2. The van der Waals surface area contributed by atoms with Crippen LogP contribution in [-0.2, 0) is 0 Å². The van der Waals surface area contributed by atoms with Crippen molar-refractivity contribution in [1.82, 2.24) is 9.80 Å². The van der Waals surface area contributed by atoms with Crippen LogP contribution in [0.2, 0.25) is 0 Å². The first-order valence-electron chi connectivity index (χ1n) is 9.31. The van der Waals surface area contributed by atoms with E-state index >= 15 is 0 Å². The number of phenols is 1. The molecule has 1 fully saturated rings. The lowest BCUT2D eigenvalue weighted by Crippen LogP contribution is -2.43. The predicted octanol–water partition coefficient (Wildman–Crippen LogP) is 3.86. The second-order valence-corrected chi connectivity index (χ2v) is 7.46. The van der Waals surface area contributed by atoms with Gasteiger partial charge in [-0.05, 0) is 75.2 Å². The van der Waals surface area contributed by atoms with Gasteiger partial charge < -0.3 is 14.9 Å². The van der Waals surface area contributed by atoms with Gasteiger partial charge >= 0.3 is 0 Å². The number of phenolic OH excluding ortho intramolecular Hbond substituents is 1. The van der Waals surface area contributed by atoms with Crippen LogP contribution in [-0.4, -0.2) is 54.0 Å². The number of rotatable bonds is 4. The molecule has 1 aliphatic heterocycles. The first-order valence-corrected chi connectivity index (χ1v) is 9.31. The highest BCUT2D eigenvalue weighted by molar-refractivity contribution is 5.95. The van der Waals surface area contributed by atoms with Crippen LogP contribution in [0, 0.1) is 5.92 Å². The molecule has 1 unspecified atom stereocenters. The number of hydrogen-bond donors (Lipinski definition) is 1. The van der Waals surface area contributed by atoms with Crippen molar-refractivity contribution in [3.8, 4) is 16.9 Å². The van der Waals surface area contributed by atoms with E-state index in [1.807, 2.05) is 41.3 Å². The molecule has 1 heterocycles. The smallest absolute Gasteiger partial charge is 0.253 e. The molecule has 0 aliphatic carbocycles. The molecule has 1 amide bonds. The highest BCUT2D eigenvalue weighted by Crippen LogP contribution is 2.26. The summed E-state index contributed by atoms with van der Waals surface area (Å²) < 4.78 is 0. The van der Waals surface area contributed by atoms with Crippen LogP contribution in [0.25, 0.3) is 11.1 Å². The second kappa shape index (κ2) is 7.92. The Morgan fingerprint density at radius 2 is 1.73 bits per heavy atom. The lowest BCUT2D eigenvalue weighted by atomic mass is 9.89. The molecule has 1 saturated heterocycles. The molecule has 1 aliphatic rings. The van der Waals surface area contributed by atoms with Crippen LogP contribution >= 0.6 is 0 Å². The normalized spacial score (nSPS) is 16.7. The number of hydrogen-bond acceptors (Lipinski definition) is 3. The summed E-state index contributed by atoms with van der Waals surface area (Å²) in [6.07, 6.45) is 2.12. The molecule has 2 aromatic rings. The van der Waals surface area contributed by atoms with Crippen molar-refractivity contribution in [2.45, 2.75) is 25.8 Å². The first-order chi connectivity index (χ1) is 12.5. The van der Waals surface area contributed by atoms with E-state index in [4.69, 9.17) is 0 Å². The molecule has 1 atom stereocenters. The largest absolute Gasteiger partial charge is 0.508 e. The number of amides is 1. The summed E-state index contributed by atoms with van der Waals surface area (Å²) in [5.74, 6) is 1.01. The minimum absolute atomic E-state index is 0.113. The Balaban J connectivity index is 1.69. The zero-order chi connectivity index (χ0) is 18.7. The van der Waals surface area contributed by atoms with Gasteiger partial charge in [-0.25, -0.2) is 0 Å². The van der Waals surface area contributed by atoms with Crippen molar-refractivity contribution in [2.24, 2.45) is 5.92 Å². The molecule has 138 valence electrons. The Bertz CT molecular complexity index is 747. The molecule has 0 saturated carbocycles. The summed E-state index contributed by atoms with van der Waals surface area (Å²) in [6, 6.07) is 15.4. The highest BCUT2D eigenvalue weighted by atomic mass is 16.3. The molecule has 2 aromatic carbocycles. The van der Waals surface area contributed by atoms with E-state index in [1.165, 1.54) is 0 Å². The Morgan fingerprint density at radius 1 is 1.08 bits per heavy atom. The predicted molar refractivity (Wildman–Crippen MR) is 105 cm³/mol. The minimum atomic E-state index is 0.113. The molecule has 0 spiro atoms. The second-order valence-electron chi connectivity index (χ2n) is 7.46. The van der Waals surface area contributed by atoms with Crippen molar-refractivity contribution in [3.05, 3.63) is 54.1 Å². The fourth-order valence-electron chi connectivity index (χ4n) is 3.67. The van der Waals surface area contributed by atoms with Crippen molar-refractivity contribution in [1.29, 1.82) is 0 Å². The molecular weight excluding hydrogens is 324 g/mol. The van der Waals surface area contributed by atoms with E-state index < -0.39 is 0 Å². The summed E-state index contributed by atoms with van der Waals surface area (Å²) in [6.45, 7) is 3.92. The molecule has 3 rings (SSSR count). The number of piperidine rings is 1. The fourth-order valence-corrected chi connectivity index (χ4v) is 3.67. The number of likely N-dealkylation sites (tertiary alicyclic amines) is 1. The Hall–Kier alpha value is -2.33. The lowest BCUT2D eigenvalue weighted by molar-refractivity contribution is 0.0641. The van der Waals surface area contributed by atoms with Crippen molar-refractivity contribution in [3.63, 3.8) is 0 Å². The van der Waals surface area contributed by atoms with E-state index in [1.54, 1.807) is 12.1 Å². The monoisotopic (exact) mass is 352 g/mol. The van der Waals surface area contributed by atoms with E-state index in [0.717, 1.165) is 42.6 Å². The molecule has 0 radical (unpaired) electrons. The molecule has 0 aromatic heterocycles. The number of carbonyl (C=O) groups is 1. The average Bonchev–Trinajstić information content (AvgIpc) is 2.67. The van der Waals surface area contributed by atoms with Gasteiger partial charge in [-0.2, -0.15) is 0 Å². The van der Waals surface area contributed by atoms with Crippen molar-refractivity contribution in [2.75, 3.05) is 27.2 Å². The van der Waals surface area contributed by atoms with Crippen LogP contribution < -0.4 is 0 Å². The summed E-state index contributed by atoms with van der Waals surface area (Å²) in [5, 5.41) is 9.45. The van der Waals surface area contributed by atoms with Crippen LogP contribution in [0.4, 0.5) is 0 Å². The first kappa shape index (κ1) is 18.5. The van der Waals surface area contributed by atoms with E-state index in [2.05, 4.69) is 25.9 Å². The molecule has 0 bridgehead atoms. The van der Waals surface area contributed by atoms with E-state index in [0.29, 0.717) is 12.0 Å². The Labute approximate surface area is 156 Å². The maximum Gasteiger partial charge on any atom is 0.253 e. The van der Waals surface area contributed by atoms with Gasteiger partial charge in [0.2, 0.25) is 0 Å². The van der Waals surface area contributed by atoms with Crippen LogP contribution in [0.3, 0.4) is 0 Å². The third-order valence-corrected chi connectivity index (χ3v) is 5.63. The Kier molecular flexibility index (Phi) is 5.62. The Morgan fingerprint density at radius 3 is 2.35 bits per heavy atom. The lowest BCUT2D eigenvalue weighted by Gasteiger charge is -2.37. The van der Waals surface area contributed by atoms with Crippen LogP contribution in [0.5, 0.6) is 5.75 Å². The van der Waals surface area contributed by atoms with Gasteiger partial charge in [-0.3, -0.25) is 4.79 Å². The summed E-state index contributed by atoms with van der Waals surface area (Å²) in [7, 11) is 4.24. The van der Waals surface area contributed by atoms with Gasteiger partial charge in [0.25, 0.3) is 5.91 Å². The SMILES string of the molecule is CC(C1CCN(C(=O)c2cccc(-c3ccc(O)cc3)c2)CC1)N(C)C. The number of nitrogens with zero attached hydrogens (tertiary/aromatic N) is 2. The van der Waals surface area contributed by atoms with Crippen molar-refractivity contribution >= 4 is 5.91 Å². The van der Waals surface area contributed by atoms with Gasteiger partial charge in [-0.1, -0.05) is 24.3 Å². The maximum atomic E-state index is 12.9. The maximum absolute atomic E-state index is 12.9. The van der Waals surface area contributed by atoms with Crippen molar-refractivity contribution < 1.29 is 9.90 Å². The van der Waals surface area contributed by atoms with Gasteiger partial charge in [-0.15, -0.1) is 0 Å². The fraction of sp³-hybridized carbons (Fsp3) is 0.409. The van der Waals surface area contributed by atoms with Crippen LogP contribution in [0.15, 0.2) is 48.5 Å². The minimum Gasteiger partial charge on any atom is -0.508 e. The van der Waals surface area contributed by atoms with E-state index in [9.17, 15) is 9.90 Å². The third kappa shape index (κ3) is 4.07. The molecule has 4 heteroatoms. The summed E-state index contributed by atoms with van der Waals surface area (Å²) >= 11 is 0. The molecule has 4 nitrogen and oxygen atoms in total. The quantitative estimate of drug-likeness (QED) is 0.909. The summed E-state index contributed by atoms with van der Waals surface area (Å²) in [4.78, 5) is 17.2. The number of benzene rings is 2. The van der Waals surface area contributed by atoms with Crippen LogP contribution in [0.1, 0.15) is 30.1 Å². The van der Waals surface area contributed by atoms with E-state index in [-0.39, 0.29) is 11.7 Å². The van der Waals surface area contributed by atoms with Gasteiger partial charge in [0.05, 0.1) is 0 Å².